The summed E-state index contributed by atoms with van der Waals surface area (Å²) in [4.78, 5) is 27.4. The van der Waals surface area contributed by atoms with Crippen molar-refractivity contribution in [3.63, 3.8) is 0 Å². The molecule has 0 atom stereocenters. The number of carbonyl (C=O) groups excluding carboxylic acids is 2. The Morgan fingerprint density at radius 3 is 2.52 bits per heavy atom. The lowest BCUT2D eigenvalue weighted by atomic mass is 10.2. The number of ether oxygens (including phenoxy) is 1. The Kier molecular flexibility index (Phi) is 7.31. The number of nitrogens with one attached hydrogen (secondary N) is 1. The largest absolute Gasteiger partial charge is 0.489 e. The zero-order chi connectivity index (χ0) is 19.8. The van der Waals surface area contributed by atoms with E-state index >= 15 is 0 Å². The fraction of sp³-hybridized carbons (Fsp3) is 0.300. The topological polar surface area (TPSA) is 61.9 Å². The molecule has 0 saturated carbocycles. The quantitative estimate of drug-likeness (QED) is 0.772. The number of hydrogen-bond acceptors (Lipinski definition) is 4. The van der Waals surface area contributed by atoms with Crippen molar-refractivity contribution in [2.24, 2.45) is 0 Å². The molecule has 144 valence electrons. The smallest absolute Gasteiger partial charge is 0.253 e. The van der Waals surface area contributed by atoms with Crippen LogP contribution in [0.4, 0.5) is 10.1 Å². The molecule has 6 nitrogen and oxygen atoms in total. The standard InChI is InChI=1S/C20H24FN3O3/c1-23(2)20(26)15-7-6-8-16(13-15)22-19(25)14-24(3)11-12-27-18-10-5-4-9-17(18)21/h4-10,13H,11-12,14H2,1-3H3,(H,22,25). The third-order valence-corrected chi connectivity index (χ3v) is 3.78. The van der Waals surface area contributed by atoms with E-state index in [0.717, 1.165) is 0 Å². The van der Waals surface area contributed by atoms with Crippen molar-refractivity contribution in [1.29, 1.82) is 0 Å². The SMILES string of the molecule is CN(CCOc1ccccc1F)CC(=O)Nc1cccc(C(=O)N(C)C)c1. The van der Waals surface area contributed by atoms with Gasteiger partial charge in [-0.3, -0.25) is 14.5 Å². The monoisotopic (exact) mass is 373 g/mol. The van der Waals surface area contributed by atoms with Crippen LogP contribution < -0.4 is 10.1 Å². The van der Waals surface area contributed by atoms with Gasteiger partial charge in [-0.1, -0.05) is 18.2 Å². The van der Waals surface area contributed by atoms with E-state index in [-0.39, 0.29) is 30.7 Å². The zero-order valence-electron chi connectivity index (χ0n) is 15.7. The molecule has 0 aliphatic carbocycles. The second kappa shape index (κ2) is 9.68. The third-order valence-electron chi connectivity index (χ3n) is 3.78. The molecule has 0 fully saturated rings. The van der Waals surface area contributed by atoms with Gasteiger partial charge in [0.05, 0.1) is 6.54 Å². The molecule has 0 bridgehead atoms. The predicted molar refractivity (Wildman–Crippen MR) is 102 cm³/mol. The Labute approximate surface area is 158 Å². The fourth-order valence-electron chi connectivity index (χ4n) is 2.39. The van der Waals surface area contributed by atoms with Crippen molar-refractivity contribution in [3.8, 4) is 5.75 Å². The van der Waals surface area contributed by atoms with Gasteiger partial charge in [0.2, 0.25) is 5.91 Å². The van der Waals surface area contributed by atoms with Crippen molar-refractivity contribution < 1.29 is 18.7 Å². The minimum Gasteiger partial charge on any atom is -0.489 e. The molecule has 27 heavy (non-hydrogen) atoms. The summed E-state index contributed by atoms with van der Waals surface area (Å²) in [6, 6.07) is 13.0. The molecule has 0 unspecified atom stereocenters. The van der Waals surface area contributed by atoms with Gasteiger partial charge in [-0.05, 0) is 37.4 Å². The molecule has 7 heteroatoms. The van der Waals surface area contributed by atoms with Gasteiger partial charge < -0.3 is 15.0 Å². The molecule has 2 aromatic carbocycles. The minimum absolute atomic E-state index is 0.131. The summed E-state index contributed by atoms with van der Waals surface area (Å²) in [7, 11) is 5.12. The van der Waals surface area contributed by atoms with Gasteiger partial charge in [0, 0.05) is 31.9 Å². The summed E-state index contributed by atoms with van der Waals surface area (Å²) in [5.41, 5.74) is 1.06. The Balaban J connectivity index is 1.80. The van der Waals surface area contributed by atoms with Crippen molar-refractivity contribution in [2.75, 3.05) is 46.2 Å². The highest BCUT2D eigenvalue weighted by Gasteiger charge is 2.11. The second-order valence-electron chi connectivity index (χ2n) is 6.35. The average molecular weight is 373 g/mol. The first kappa shape index (κ1) is 20.4. The van der Waals surface area contributed by atoms with Crippen molar-refractivity contribution >= 4 is 17.5 Å². The molecule has 1 N–H and O–H groups in total. The molecule has 2 amide bonds. The van der Waals surface area contributed by atoms with Gasteiger partial charge in [-0.25, -0.2) is 4.39 Å². The number of anilines is 1. The van der Waals surface area contributed by atoms with Crippen LogP contribution in [-0.2, 0) is 4.79 Å². The number of likely N-dealkylation sites (N-methyl/N-ethyl adjacent to an activating group) is 1. The molecule has 0 spiro atoms. The van der Waals surface area contributed by atoms with Crippen LogP contribution in [0.15, 0.2) is 48.5 Å². The molecular formula is C20H24FN3O3. The summed E-state index contributed by atoms with van der Waals surface area (Å²) in [5, 5.41) is 2.77. The van der Waals surface area contributed by atoms with Crippen molar-refractivity contribution in [2.45, 2.75) is 0 Å². The molecule has 2 rings (SSSR count). The molecule has 0 saturated heterocycles. The molecule has 2 aromatic rings. The maximum absolute atomic E-state index is 13.5. The van der Waals surface area contributed by atoms with Crippen LogP contribution in [0.5, 0.6) is 5.75 Å². The van der Waals surface area contributed by atoms with Crippen LogP contribution in [0, 0.1) is 5.82 Å². The number of hydrogen-bond donors (Lipinski definition) is 1. The van der Waals surface area contributed by atoms with Gasteiger partial charge in [0.1, 0.15) is 6.61 Å². The van der Waals surface area contributed by atoms with Crippen LogP contribution in [-0.4, -0.2) is 62.5 Å². The number of halogens is 1. The van der Waals surface area contributed by atoms with E-state index in [2.05, 4.69) is 5.32 Å². The van der Waals surface area contributed by atoms with Crippen molar-refractivity contribution in [3.05, 3.63) is 59.9 Å². The first-order valence-electron chi connectivity index (χ1n) is 8.54. The summed E-state index contributed by atoms with van der Waals surface area (Å²) in [6.07, 6.45) is 0. The van der Waals surface area contributed by atoms with E-state index in [4.69, 9.17) is 4.74 Å². The minimum atomic E-state index is -0.412. The summed E-state index contributed by atoms with van der Waals surface area (Å²) in [6.45, 7) is 0.866. The van der Waals surface area contributed by atoms with Gasteiger partial charge in [-0.15, -0.1) is 0 Å². The maximum atomic E-state index is 13.5. The fourth-order valence-corrected chi connectivity index (χ4v) is 2.39. The van der Waals surface area contributed by atoms with Gasteiger partial charge in [-0.2, -0.15) is 0 Å². The number of benzene rings is 2. The first-order chi connectivity index (χ1) is 12.9. The number of carbonyl (C=O) groups is 2. The van der Waals surface area contributed by atoms with Crippen LogP contribution >= 0.6 is 0 Å². The second-order valence-corrected chi connectivity index (χ2v) is 6.35. The molecule has 0 heterocycles. The highest BCUT2D eigenvalue weighted by atomic mass is 19.1. The van der Waals surface area contributed by atoms with Crippen LogP contribution in [0.25, 0.3) is 0 Å². The molecule has 0 aliphatic rings. The van der Waals surface area contributed by atoms with E-state index < -0.39 is 5.82 Å². The highest BCUT2D eigenvalue weighted by Crippen LogP contribution is 2.15. The summed E-state index contributed by atoms with van der Waals surface area (Å²) in [5.74, 6) is -0.561. The van der Waals surface area contributed by atoms with Gasteiger partial charge in [0.25, 0.3) is 5.91 Å². The van der Waals surface area contributed by atoms with Gasteiger partial charge in [0.15, 0.2) is 11.6 Å². The molecular weight excluding hydrogens is 349 g/mol. The Morgan fingerprint density at radius 1 is 1.07 bits per heavy atom. The lowest BCUT2D eigenvalue weighted by Crippen LogP contribution is -2.33. The number of nitrogens with zero attached hydrogens (tertiary/aromatic N) is 2. The molecule has 0 aliphatic heterocycles. The van der Waals surface area contributed by atoms with E-state index in [1.54, 1.807) is 68.5 Å². The normalized spacial score (nSPS) is 10.6. The number of amides is 2. The predicted octanol–water partition coefficient (Wildman–Crippen LogP) is 2.48. The number of para-hydroxylation sites is 1. The average Bonchev–Trinajstić information content (AvgIpc) is 2.62. The third kappa shape index (κ3) is 6.38. The highest BCUT2D eigenvalue weighted by molar-refractivity contribution is 5.97. The van der Waals surface area contributed by atoms with Crippen LogP contribution in [0.2, 0.25) is 0 Å². The van der Waals surface area contributed by atoms with E-state index in [1.165, 1.54) is 11.0 Å². The van der Waals surface area contributed by atoms with Crippen molar-refractivity contribution in [1.82, 2.24) is 9.80 Å². The van der Waals surface area contributed by atoms with Crippen LogP contribution in [0.1, 0.15) is 10.4 Å². The summed E-state index contributed by atoms with van der Waals surface area (Å²) < 4.78 is 18.9. The molecule has 0 aromatic heterocycles. The zero-order valence-corrected chi connectivity index (χ0v) is 15.7. The van der Waals surface area contributed by atoms with E-state index in [9.17, 15) is 14.0 Å². The number of rotatable bonds is 8. The first-order valence-corrected chi connectivity index (χ1v) is 8.54. The Morgan fingerprint density at radius 2 is 1.81 bits per heavy atom. The maximum Gasteiger partial charge on any atom is 0.253 e. The Bertz CT molecular complexity index is 796. The lowest BCUT2D eigenvalue weighted by Gasteiger charge is -2.17. The lowest BCUT2D eigenvalue weighted by molar-refractivity contribution is -0.117. The van der Waals surface area contributed by atoms with Crippen LogP contribution in [0.3, 0.4) is 0 Å². The van der Waals surface area contributed by atoms with E-state index in [1.807, 2.05) is 0 Å². The molecule has 0 radical (unpaired) electrons. The summed E-state index contributed by atoms with van der Waals surface area (Å²) >= 11 is 0. The van der Waals surface area contributed by atoms with Gasteiger partial charge >= 0.3 is 0 Å². The van der Waals surface area contributed by atoms with E-state index in [0.29, 0.717) is 17.8 Å². The Hall–Kier alpha value is -2.93.